The second-order valence-electron chi connectivity index (χ2n) is 5.20. The predicted octanol–water partition coefficient (Wildman–Crippen LogP) is 0.864. The largest absolute Gasteiger partial charge is 0.381 e. The zero-order valence-corrected chi connectivity index (χ0v) is 11.6. The smallest absolute Gasteiger partial charge is 0.152 e. The molecule has 0 bridgehead atoms. The summed E-state index contributed by atoms with van der Waals surface area (Å²) < 4.78 is 5.27. The van der Waals surface area contributed by atoms with Crippen LogP contribution in [0.25, 0.3) is 0 Å². The molecule has 0 N–H and O–H groups in total. The quantitative estimate of drug-likeness (QED) is 0.663. The Bertz CT molecular complexity index is 238. The Morgan fingerprint density at radius 1 is 1.47 bits per heavy atom. The van der Waals surface area contributed by atoms with E-state index >= 15 is 0 Å². The Balaban J connectivity index is 2.42. The lowest BCUT2D eigenvalue weighted by Crippen LogP contribution is -2.43. The third-order valence-electron chi connectivity index (χ3n) is 3.40. The fourth-order valence-electron chi connectivity index (χ4n) is 2.34. The summed E-state index contributed by atoms with van der Waals surface area (Å²) in [5.41, 5.74) is 0. The highest BCUT2D eigenvalue weighted by molar-refractivity contribution is 5.83. The van der Waals surface area contributed by atoms with Gasteiger partial charge < -0.3 is 9.64 Å². The minimum absolute atomic E-state index is 0.135. The number of likely N-dealkylation sites (N-methyl/N-ethyl adjacent to an activating group) is 2. The van der Waals surface area contributed by atoms with Gasteiger partial charge in [-0.3, -0.25) is 9.69 Å². The summed E-state index contributed by atoms with van der Waals surface area (Å²) in [6.07, 6.45) is 0.901. The average molecular weight is 242 g/mol. The third kappa shape index (κ3) is 4.74. The summed E-state index contributed by atoms with van der Waals surface area (Å²) in [5, 5.41) is 0. The van der Waals surface area contributed by atoms with Crippen molar-refractivity contribution in [2.45, 2.75) is 26.3 Å². The summed E-state index contributed by atoms with van der Waals surface area (Å²) in [6, 6.07) is 0.418. The monoisotopic (exact) mass is 242 g/mol. The van der Waals surface area contributed by atoms with E-state index in [4.69, 9.17) is 4.74 Å². The number of Topliss-reactive ketones (excluding diaryl/α,β-unsaturated/α-hetero) is 1. The van der Waals surface area contributed by atoms with Gasteiger partial charge in [0, 0.05) is 25.1 Å². The van der Waals surface area contributed by atoms with E-state index < -0.39 is 0 Å². The lowest BCUT2D eigenvalue weighted by molar-refractivity contribution is -0.124. The van der Waals surface area contributed by atoms with Crippen LogP contribution in [0.15, 0.2) is 0 Å². The van der Waals surface area contributed by atoms with E-state index in [0.29, 0.717) is 25.0 Å². The van der Waals surface area contributed by atoms with E-state index in [9.17, 15) is 4.79 Å². The van der Waals surface area contributed by atoms with Crippen molar-refractivity contribution in [1.29, 1.82) is 0 Å². The lowest BCUT2D eigenvalue weighted by atomic mass is 10.0. The maximum atomic E-state index is 12.1. The second kappa shape index (κ2) is 7.09. The number of ether oxygens (including phenoxy) is 1. The predicted molar refractivity (Wildman–Crippen MR) is 69.2 cm³/mol. The number of hydrogen-bond donors (Lipinski definition) is 0. The molecule has 4 heteroatoms. The Hall–Kier alpha value is -0.450. The van der Waals surface area contributed by atoms with E-state index in [1.54, 1.807) is 0 Å². The number of ketones is 1. The Kier molecular flexibility index (Phi) is 6.09. The van der Waals surface area contributed by atoms with Crippen molar-refractivity contribution >= 4 is 5.78 Å². The van der Waals surface area contributed by atoms with Gasteiger partial charge in [0.15, 0.2) is 5.78 Å². The first-order chi connectivity index (χ1) is 8.04. The van der Waals surface area contributed by atoms with Crippen LogP contribution in [-0.4, -0.2) is 68.6 Å². The molecule has 0 aromatic carbocycles. The molecule has 1 saturated heterocycles. The molecule has 4 nitrogen and oxygen atoms in total. The standard InChI is InChI=1S/C13H26N2O2/c1-5-15(11(2)8-14(3)4)9-13(16)12-6-7-17-10-12/h11-12H,5-10H2,1-4H3. The van der Waals surface area contributed by atoms with Crippen LogP contribution in [0.3, 0.4) is 0 Å². The van der Waals surface area contributed by atoms with Crippen LogP contribution < -0.4 is 0 Å². The molecule has 1 rings (SSSR count). The maximum absolute atomic E-state index is 12.1. The van der Waals surface area contributed by atoms with Crippen molar-refractivity contribution in [2.75, 3.05) is 46.9 Å². The molecule has 2 unspecified atom stereocenters. The number of carbonyl (C=O) groups excluding carboxylic acids is 1. The molecular weight excluding hydrogens is 216 g/mol. The van der Waals surface area contributed by atoms with Gasteiger partial charge in [0.05, 0.1) is 13.2 Å². The molecule has 0 amide bonds. The molecule has 0 aromatic rings. The molecule has 1 aliphatic rings. The summed E-state index contributed by atoms with van der Waals surface area (Å²) >= 11 is 0. The molecule has 0 radical (unpaired) electrons. The van der Waals surface area contributed by atoms with Crippen LogP contribution in [0.5, 0.6) is 0 Å². The van der Waals surface area contributed by atoms with Crippen LogP contribution in [0.4, 0.5) is 0 Å². The highest BCUT2D eigenvalue weighted by atomic mass is 16.5. The van der Waals surface area contributed by atoms with Crippen LogP contribution >= 0.6 is 0 Å². The van der Waals surface area contributed by atoms with Crippen LogP contribution in [-0.2, 0) is 9.53 Å². The molecule has 17 heavy (non-hydrogen) atoms. The van der Waals surface area contributed by atoms with Crippen molar-refractivity contribution < 1.29 is 9.53 Å². The van der Waals surface area contributed by atoms with Crippen LogP contribution in [0, 0.1) is 5.92 Å². The topological polar surface area (TPSA) is 32.8 Å². The number of hydrogen-bond acceptors (Lipinski definition) is 4. The lowest BCUT2D eigenvalue weighted by Gasteiger charge is -2.29. The Labute approximate surface area is 105 Å². The van der Waals surface area contributed by atoms with Gasteiger partial charge in [-0.25, -0.2) is 0 Å². The molecule has 100 valence electrons. The van der Waals surface area contributed by atoms with E-state index in [0.717, 1.165) is 26.1 Å². The SMILES string of the molecule is CCN(CC(=O)C1CCOC1)C(C)CN(C)C. The summed E-state index contributed by atoms with van der Waals surface area (Å²) in [5.74, 6) is 0.477. The maximum Gasteiger partial charge on any atom is 0.152 e. The van der Waals surface area contributed by atoms with Gasteiger partial charge in [-0.05, 0) is 34.0 Å². The normalized spacial score (nSPS) is 22.4. The van der Waals surface area contributed by atoms with Gasteiger partial charge in [0.25, 0.3) is 0 Å². The van der Waals surface area contributed by atoms with Crippen molar-refractivity contribution in [1.82, 2.24) is 9.80 Å². The molecule has 0 aliphatic carbocycles. The first-order valence-electron chi connectivity index (χ1n) is 6.53. The first-order valence-corrected chi connectivity index (χ1v) is 6.53. The van der Waals surface area contributed by atoms with Gasteiger partial charge in [0.1, 0.15) is 0 Å². The molecule has 0 saturated carbocycles. The zero-order valence-electron chi connectivity index (χ0n) is 11.6. The minimum atomic E-state index is 0.135. The van der Waals surface area contributed by atoms with Crippen LogP contribution in [0.2, 0.25) is 0 Å². The highest BCUT2D eigenvalue weighted by Gasteiger charge is 2.26. The second-order valence-corrected chi connectivity index (χ2v) is 5.20. The average Bonchev–Trinajstić information content (AvgIpc) is 2.77. The Morgan fingerprint density at radius 2 is 2.18 bits per heavy atom. The highest BCUT2D eigenvalue weighted by Crippen LogP contribution is 2.14. The molecule has 2 atom stereocenters. The fourth-order valence-corrected chi connectivity index (χ4v) is 2.34. The van der Waals surface area contributed by atoms with Crippen molar-refractivity contribution in [3.8, 4) is 0 Å². The van der Waals surface area contributed by atoms with Gasteiger partial charge in [-0.2, -0.15) is 0 Å². The van der Waals surface area contributed by atoms with E-state index in [1.165, 1.54) is 0 Å². The number of nitrogens with zero attached hydrogens (tertiary/aromatic N) is 2. The Morgan fingerprint density at radius 3 is 2.65 bits per heavy atom. The van der Waals surface area contributed by atoms with E-state index in [1.807, 2.05) is 0 Å². The third-order valence-corrected chi connectivity index (χ3v) is 3.40. The molecule has 1 heterocycles. The molecule has 1 fully saturated rings. The van der Waals surface area contributed by atoms with Crippen molar-refractivity contribution in [3.63, 3.8) is 0 Å². The fraction of sp³-hybridized carbons (Fsp3) is 0.923. The number of carbonyl (C=O) groups is 1. The van der Waals surface area contributed by atoms with Gasteiger partial charge in [-0.15, -0.1) is 0 Å². The van der Waals surface area contributed by atoms with Crippen LogP contribution in [0.1, 0.15) is 20.3 Å². The molecule has 0 spiro atoms. The van der Waals surface area contributed by atoms with E-state index in [-0.39, 0.29) is 5.92 Å². The van der Waals surface area contributed by atoms with Crippen molar-refractivity contribution in [3.05, 3.63) is 0 Å². The zero-order chi connectivity index (χ0) is 12.8. The first kappa shape index (κ1) is 14.6. The summed E-state index contributed by atoms with van der Waals surface area (Å²) in [4.78, 5) is 16.5. The van der Waals surface area contributed by atoms with Gasteiger partial charge in [0.2, 0.25) is 0 Å². The number of rotatable bonds is 7. The van der Waals surface area contributed by atoms with E-state index in [2.05, 4.69) is 37.7 Å². The summed E-state index contributed by atoms with van der Waals surface area (Å²) in [6.45, 7) is 8.15. The molecular formula is C13H26N2O2. The minimum Gasteiger partial charge on any atom is -0.381 e. The molecule has 0 aromatic heterocycles. The van der Waals surface area contributed by atoms with Crippen molar-refractivity contribution in [2.24, 2.45) is 5.92 Å². The summed E-state index contributed by atoms with van der Waals surface area (Å²) in [7, 11) is 4.13. The van der Waals surface area contributed by atoms with Gasteiger partial charge >= 0.3 is 0 Å². The van der Waals surface area contributed by atoms with Gasteiger partial charge in [-0.1, -0.05) is 6.92 Å². The molecule has 1 aliphatic heterocycles.